The Morgan fingerprint density at radius 1 is 1.23 bits per heavy atom. The molecule has 1 N–H and O–H groups in total. The number of rotatable bonds is 5. The van der Waals surface area contributed by atoms with Crippen LogP contribution in [0.3, 0.4) is 0 Å². The van der Waals surface area contributed by atoms with E-state index in [1.165, 1.54) is 6.08 Å². The molecular formula is C23H24N4O4. The number of aliphatic imine (C=N–C) groups is 1. The van der Waals surface area contributed by atoms with E-state index in [1.807, 2.05) is 56.3 Å². The van der Waals surface area contributed by atoms with Crippen LogP contribution in [0.5, 0.6) is 0 Å². The van der Waals surface area contributed by atoms with E-state index in [1.54, 1.807) is 6.92 Å². The van der Waals surface area contributed by atoms with Crippen LogP contribution in [0.15, 0.2) is 58.2 Å². The Labute approximate surface area is 181 Å². The van der Waals surface area contributed by atoms with E-state index in [0.717, 1.165) is 0 Å². The lowest BCUT2D eigenvalue weighted by Gasteiger charge is -2.36. The van der Waals surface area contributed by atoms with Gasteiger partial charge < -0.3 is 19.5 Å². The Balaban J connectivity index is 2.13. The first-order valence-electron chi connectivity index (χ1n) is 10.1. The molecule has 1 aliphatic heterocycles. The number of hydrogen-bond donors (Lipinski definition) is 1. The lowest BCUT2D eigenvalue weighted by molar-refractivity contribution is -0.155. The van der Waals surface area contributed by atoms with Crippen molar-refractivity contribution in [1.29, 1.82) is 10.5 Å². The minimum absolute atomic E-state index is 0.114. The summed E-state index contributed by atoms with van der Waals surface area (Å²) in [5, 5.41) is 22.4. The second-order valence-corrected chi connectivity index (χ2v) is 7.14. The average molecular weight is 420 g/mol. The monoisotopic (exact) mass is 420 g/mol. The van der Waals surface area contributed by atoms with E-state index >= 15 is 0 Å². The van der Waals surface area contributed by atoms with Gasteiger partial charge in [0.1, 0.15) is 17.6 Å². The van der Waals surface area contributed by atoms with Gasteiger partial charge in [-0.1, -0.05) is 18.2 Å². The van der Waals surface area contributed by atoms with Crippen LogP contribution in [0.4, 0.5) is 5.69 Å². The first kappa shape index (κ1) is 22.1. The lowest BCUT2D eigenvalue weighted by atomic mass is 9.70. The highest BCUT2D eigenvalue weighted by atomic mass is 16.5. The molecule has 0 unspecified atom stereocenters. The predicted molar refractivity (Wildman–Crippen MR) is 113 cm³/mol. The summed E-state index contributed by atoms with van der Waals surface area (Å²) in [6.45, 7) is 5.85. The van der Waals surface area contributed by atoms with Gasteiger partial charge in [-0.3, -0.25) is 4.79 Å². The highest BCUT2D eigenvalue weighted by molar-refractivity contribution is 5.88. The van der Waals surface area contributed by atoms with Crippen LogP contribution in [-0.4, -0.2) is 37.4 Å². The lowest BCUT2D eigenvalue weighted by Crippen LogP contribution is -2.50. The summed E-state index contributed by atoms with van der Waals surface area (Å²) in [7, 11) is 0. The first-order chi connectivity index (χ1) is 15.0. The molecular weight excluding hydrogens is 396 g/mol. The Hall–Kier alpha value is -3.62. The summed E-state index contributed by atoms with van der Waals surface area (Å²) in [5.41, 5.74) is -0.0570. The molecule has 1 saturated heterocycles. The molecule has 3 rings (SSSR count). The van der Waals surface area contributed by atoms with Gasteiger partial charge >= 0.3 is 5.97 Å². The van der Waals surface area contributed by atoms with E-state index in [9.17, 15) is 15.3 Å². The van der Waals surface area contributed by atoms with Crippen LogP contribution < -0.4 is 5.32 Å². The molecule has 1 fully saturated rings. The number of fused-ring (bicyclic) bond motifs is 1. The molecule has 0 spiro atoms. The topological polar surface area (TPSA) is 117 Å². The first-order valence-corrected chi connectivity index (χ1v) is 10.1. The second kappa shape index (κ2) is 9.46. The molecule has 1 heterocycles. The normalized spacial score (nSPS) is 25.1. The van der Waals surface area contributed by atoms with Crippen molar-refractivity contribution in [2.24, 2.45) is 10.4 Å². The van der Waals surface area contributed by atoms with Crippen molar-refractivity contribution in [2.75, 3.05) is 13.2 Å². The Kier molecular flexibility index (Phi) is 6.74. The van der Waals surface area contributed by atoms with Gasteiger partial charge in [-0.2, -0.15) is 15.5 Å². The van der Waals surface area contributed by atoms with Gasteiger partial charge in [0, 0.05) is 5.70 Å². The number of nitrogens with one attached hydrogen (secondary N) is 1. The number of ether oxygens (including phenoxy) is 3. The molecule has 2 aliphatic rings. The zero-order chi connectivity index (χ0) is 22.4. The number of amidine groups is 1. The number of benzene rings is 1. The molecule has 0 amide bonds. The molecule has 31 heavy (non-hydrogen) atoms. The quantitative estimate of drug-likeness (QED) is 0.441. The molecule has 8 heteroatoms. The van der Waals surface area contributed by atoms with E-state index in [4.69, 9.17) is 14.2 Å². The van der Waals surface area contributed by atoms with Crippen molar-refractivity contribution in [2.45, 2.75) is 39.4 Å². The highest BCUT2D eigenvalue weighted by Crippen LogP contribution is 2.50. The van der Waals surface area contributed by atoms with Gasteiger partial charge in [0.15, 0.2) is 0 Å². The predicted octanol–water partition coefficient (Wildman–Crippen LogP) is 3.27. The average Bonchev–Trinajstić information content (AvgIpc) is 3.12. The summed E-state index contributed by atoms with van der Waals surface area (Å²) in [5.74, 6) is -0.525. The zero-order valence-corrected chi connectivity index (χ0v) is 17.7. The number of para-hydroxylation sites is 1. The van der Waals surface area contributed by atoms with E-state index in [0.29, 0.717) is 18.0 Å². The molecule has 1 aliphatic carbocycles. The van der Waals surface area contributed by atoms with E-state index < -0.39 is 17.5 Å². The third kappa shape index (κ3) is 4.16. The maximum absolute atomic E-state index is 13.2. The van der Waals surface area contributed by atoms with Crippen LogP contribution in [0.25, 0.3) is 0 Å². The van der Waals surface area contributed by atoms with Gasteiger partial charge in [0.05, 0.1) is 42.2 Å². The third-order valence-electron chi connectivity index (χ3n) is 5.14. The Morgan fingerprint density at radius 3 is 2.55 bits per heavy atom. The Bertz CT molecular complexity index is 1020. The fourth-order valence-electron chi connectivity index (χ4n) is 3.90. The molecule has 1 aromatic rings. The molecule has 1 aromatic carbocycles. The summed E-state index contributed by atoms with van der Waals surface area (Å²) >= 11 is 0. The fraction of sp³-hybridized carbons (Fsp3) is 0.391. The van der Waals surface area contributed by atoms with Crippen molar-refractivity contribution >= 4 is 17.7 Å². The maximum atomic E-state index is 13.2. The van der Waals surface area contributed by atoms with Gasteiger partial charge in [-0.25, -0.2) is 0 Å². The van der Waals surface area contributed by atoms with E-state index in [2.05, 4.69) is 10.3 Å². The maximum Gasteiger partial charge on any atom is 0.321 e. The van der Waals surface area contributed by atoms with Crippen molar-refractivity contribution in [3.05, 3.63) is 53.3 Å². The SMILES string of the molecule is CCOC(=O)[C@@]12C[C@@H](C)O[C@H]1C(C#N)=C(C#N)C=C2NC(=Nc1ccccc1)OCC. The highest BCUT2D eigenvalue weighted by Gasteiger charge is 2.60. The summed E-state index contributed by atoms with van der Waals surface area (Å²) < 4.78 is 17.0. The van der Waals surface area contributed by atoms with Crippen molar-refractivity contribution in [1.82, 2.24) is 5.32 Å². The number of nitrogens with zero attached hydrogens (tertiary/aromatic N) is 3. The summed E-state index contributed by atoms with van der Waals surface area (Å²) in [6, 6.07) is 13.4. The van der Waals surface area contributed by atoms with Crippen molar-refractivity contribution in [3.63, 3.8) is 0 Å². The second-order valence-electron chi connectivity index (χ2n) is 7.14. The molecule has 0 aromatic heterocycles. The van der Waals surface area contributed by atoms with Gasteiger partial charge in [-0.05, 0) is 45.4 Å². The minimum atomic E-state index is -1.31. The van der Waals surface area contributed by atoms with Crippen LogP contribution in [0.1, 0.15) is 27.2 Å². The standard InChI is InChI=1S/C23H24N4O4/c1-4-29-21(28)23-12-15(3)31-20(23)18(14-25)16(13-24)11-19(23)27-22(30-5-2)26-17-9-7-6-8-10-17/h6-11,15,20H,4-5,12H2,1-3H3,(H,26,27)/t15-,20+,23-/m1/s1. The van der Waals surface area contributed by atoms with Crippen LogP contribution in [-0.2, 0) is 19.0 Å². The Morgan fingerprint density at radius 2 is 1.94 bits per heavy atom. The van der Waals surface area contributed by atoms with Crippen LogP contribution in [0.2, 0.25) is 0 Å². The number of hydrogen-bond acceptors (Lipinski definition) is 7. The molecule has 3 atom stereocenters. The van der Waals surface area contributed by atoms with Gasteiger partial charge in [-0.15, -0.1) is 0 Å². The largest absolute Gasteiger partial charge is 0.465 e. The number of allylic oxidation sites excluding steroid dienone is 2. The number of carbonyl (C=O) groups excluding carboxylic acids is 1. The van der Waals surface area contributed by atoms with Crippen LogP contribution >= 0.6 is 0 Å². The minimum Gasteiger partial charge on any atom is -0.465 e. The van der Waals surface area contributed by atoms with Crippen molar-refractivity contribution < 1.29 is 19.0 Å². The van der Waals surface area contributed by atoms with Crippen LogP contribution in [0, 0.1) is 28.1 Å². The molecule has 0 radical (unpaired) electrons. The smallest absolute Gasteiger partial charge is 0.321 e. The molecule has 160 valence electrons. The number of nitriles is 2. The summed E-state index contributed by atoms with van der Waals surface area (Å²) in [6.07, 6.45) is 0.507. The molecule has 8 nitrogen and oxygen atoms in total. The van der Waals surface area contributed by atoms with Gasteiger partial charge in [0.25, 0.3) is 6.02 Å². The number of esters is 1. The fourth-order valence-corrected chi connectivity index (χ4v) is 3.90. The zero-order valence-electron chi connectivity index (χ0n) is 17.7. The summed E-state index contributed by atoms with van der Waals surface area (Å²) in [4.78, 5) is 17.7. The van der Waals surface area contributed by atoms with E-state index in [-0.39, 0.29) is 36.3 Å². The molecule has 0 bridgehead atoms. The third-order valence-corrected chi connectivity index (χ3v) is 5.14. The van der Waals surface area contributed by atoms with Gasteiger partial charge in [0.2, 0.25) is 0 Å². The molecule has 0 saturated carbocycles. The number of carbonyl (C=O) groups is 1. The van der Waals surface area contributed by atoms with Crippen molar-refractivity contribution in [3.8, 4) is 12.1 Å².